The van der Waals surface area contributed by atoms with Gasteiger partial charge in [0.1, 0.15) is 0 Å². The number of sulfonamides is 1. The summed E-state index contributed by atoms with van der Waals surface area (Å²) in [4.78, 5) is 14.8. The number of rotatable bonds is 8. The average Bonchev–Trinajstić information content (AvgIpc) is 3.11. The van der Waals surface area contributed by atoms with Crippen LogP contribution >= 0.6 is 11.8 Å². The Morgan fingerprint density at radius 1 is 1.16 bits per heavy atom. The maximum Gasteiger partial charge on any atom is 0.233 e. The topological polar surface area (TPSA) is 88.4 Å². The van der Waals surface area contributed by atoms with E-state index in [0.717, 1.165) is 19.3 Å². The van der Waals surface area contributed by atoms with Crippen LogP contribution in [0.3, 0.4) is 0 Å². The fourth-order valence-corrected chi connectivity index (χ4v) is 5.84. The number of para-hydroxylation sites is 1. The van der Waals surface area contributed by atoms with Gasteiger partial charge in [-0.25, -0.2) is 8.42 Å². The highest BCUT2D eigenvalue weighted by Crippen LogP contribution is 2.26. The summed E-state index contributed by atoms with van der Waals surface area (Å²) in [6, 6.07) is 9.46. The lowest BCUT2D eigenvalue weighted by atomic mass is 9.98. The van der Waals surface area contributed by atoms with Gasteiger partial charge in [-0.1, -0.05) is 30.0 Å². The minimum absolute atomic E-state index is 0.0817. The van der Waals surface area contributed by atoms with Crippen LogP contribution in [0, 0.1) is 0 Å². The standard InChI is InChI=1S/C21H31N5O3S2/c1-5-24-19(14-25(31(4,28)29)18-12-7-6-8-13-18)22-23-21(24)30-15-20(27)26-16(2)10-9-11-17(26)3/h6-8,12-13,16-17H,5,9-11,14-15H2,1-4H3/t16-,17-/m0/s1. The maximum absolute atomic E-state index is 12.9. The minimum atomic E-state index is -3.50. The summed E-state index contributed by atoms with van der Waals surface area (Å²) in [5.74, 6) is 0.951. The van der Waals surface area contributed by atoms with Crippen molar-refractivity contribution in [2.24, 2.45) is 0 Å². The molecular formula is C21H31N5O3S2. The predicted molar refractivity (Wildman–Crippen MR) is 124 cm³/mol. The molecule has 1 aliphatic heterocycles. The van der Waals surface area contributed by atoms with E-state index in [9.17, 15) is 13.2 Å². The van der Waals surface area contributed by atoms with Crippen molar-refractivity contribution in [3.05, 3.63) is 36.2 Å². The molecule has 1 amide bonds. The van der Waals surface area contributed by atoms with Crippen LogP contribution in [0.1, 0.15) is 45.9 Å². The number of hydrogen-bond donors (Lipinski definition) is 0. The van der Waals surface area contributed by atoms with Gasteiger partial charge in [0.05, 0.1) is 24.2 Å². The summed E-state index contributed by atoms with van der Waals surface area (Å²) in [5, 5.41) is 9.13. The van der Waals surface area contributed by atoms with E-state index < -0.39 is 10.0 Å². The second kappa shape index (κ2) is 10.0. The first-order valence-corrected chi connectivity index (χ1v) is 13.4. The molecule has 1 aromatic carbocycles. The Balaban J connectivity index is 1.75. The van der Waals surface area contributed by atoms with E-state index in [1.807, 2.05) is 22.5 Å². The molecule has 1 fully saturated rings. The molecule has 0 N–H and O–H groups in total. The second-order valence-corrected chi connectivity index (χ2v) is 10.8. The monoisotopic (exact) mass is 465 g/mol. The number of nitrogens with zero attached hydrogens (tertiary/aromatic N) is 5. The highest BCUT2D eigenvalue weighted by molar-refractivity contribution is 7.99. The molecule has 0 saturated carbocycles. The van der Waals surface area contributed by atoms with Crippen molar-refractivity contribution in [1.82, 2.24) is 19.7 Å². The van der Waals surface area contributed by atoms with Crippen LogP contribution in [-0.2, 0) is 27.9 Å². The lowest BCUT2D eigenvalue weighted by Crippen LogP contribution is -2.48. The molecule has 1 aliphatic rings. The first-order valence-electron chi connectivity index (χ1n) is 10.6. The van der Waals surface area contributed by atoms with Crippen LogP contribution in [0.4, 0.5) is 5.69 Å². The Morgan fingerprint density at radius 3 is 2.39 bits per heavy atom. The average molecular weight is 466 g/mol. The number of carbonyl (C=O) groups excluding carboxylic acids is 1. The second-order valence-electron chi connectivity index (χ2n) is 7.97. The van der Waals surface area contributed by atoms with Crippen molar-refractivity contribution in [3.8, 4) is 0 Å². The van der Waals surface area contributed by atoms with Gasteiger partial charge in [-0.3, -0.25) is 9.10 Å². The number of benzene rings is 1. The number of anilines is 1. The van der Waals surface area contributed by atoms with Crippen LogP contribution in [0.2, 0.25) is 0 Å². The summed E-state index contributed by atoms with van der Waals surface area (Å²) in [5.41, 5.74) is 0.577. The Bertz CT molecular complexity index is 984. The van der Waals surface area contributed by atoms with Crippen molar-refractivity contribution in [3.63, 3.8) is 0 Å². The molecule has 0 bridgehead atoms. The third kappa shape index (κ3) is 5.60. The fraction of sp³-hybridized carbons (Fsp3) is 0.571. The van der Waals surface area contributed by atoms with Crippen molar-refractivity contribution in [1.29, 1.82) is 0 Å². The highest BCUT2D eigenvalue weighted by Gasteiger charge is 2.29. The van der Waals surface area contributed by atoms with Gasteiger partial charge in [-0.05, 0) is 52.2 Å². The largest absolute Gasteiger partial charge is 0.337 e. The van der Waals surface area contributed by atoms with Crippen molar-refractivity contribution >= 4 is 33.4 Å². The number of thioether (sulfide) groups is 1. The van der Waals surface area contributed by atoms with Gasteiger partial charge >= 0.3 is 0 Å². The van der Waals surface area contributed by atoms with E-state index in [2.05, 4.69) is 24.0 Å². The molecule has 0 unspecified atom stereocenters. The van der Waals surface area contributed by atoms with Crippen LogP contribution in [0.25, 0.3) is 0 Å². The van der Waals surface area contributed by atoms with E-state index in [1.165, 1.54) is 22.3 Å². The first kappa shape index (κ1) is 23.6. The van der Waals surface area contributed by atoms with E-state index in [1.54, 1.807) is 24.3 Å². The van der Waals surface area contributed by atoms with Gasteiger partial charge in [-0.15, -0.1) is 10.2 Å². The van der Waals surface area contributed by atoms with Gasteiger partial charge in [0.25, 0.3) is 0 Å². The minimum Gasteiger partial charge on any atom is -0.337 e. The lowest BCUT2D eigenvalue weighted by molar-refractivity contribution is -0.134. The Kier molecular flexibility index (Phi) is 7.64. The summed E-state index contributed by atoms with van der Waals surface area (Å²) < 4.78 is 28.0. The van der Waals surface area contributed by atoms with E-state index in [4.69, 9.17) is 0 Å². The summed E-state index contributed by atoms with van der Waals surface area (Å²) >= 11 is 1.36. The maximum atomic E-state index is 12.9. The number of aromatic nitrogens is 3. The van der Waals surface area contributed by atoms with Crippen LogP contribution in [0.5, 0.6) is 0 Å². The number of carbonyl (C=O) groups is 1. The molecule has 170 valence electrons. The van der Waals surface area contributed by atoms with Crippen molar-refractivity contribution in [2.45, 2.75) is 70.4 Å². The molecule has 1 saturated heterocycles. The van der Waals surface area contributed by atoms with Crippen LogP contribution in [0.15, 0.2) is 35.5 Å². The predicted octanol–water partition coefficient (Wildman–Crippen LogP) is 3.15. The number of likely N-dealkylation sites (tertiary alicyclic amines) is 1. The molecule has 2 atom stereocenters. The number of amides is 1. The molecule has 2 heterocycles. The zero-order chi connectivity index (χ0) is 22.6. The highest BCUT2D eigenvalue weighted by atomic mass is 32.2. The zero-order valence-electron chi connectivity index (χ0n) is 18.6. The van der Waals surface area contributed by atoms with E-state index in [0.29, 0.717) is 29.0 Å². The van der Waals surface area contributed by atoms with Gasteiger partial charge in [0, 0.05) is 18.6 Å². The van der Waals surface area contributed by atoms with E-state index in [-0.39, 0.29) is 24.5 Å². The molecule has 0 aliphatic carbocycles. The zero-order valence-corrected chi connectivity index (χ0v) is 20.2. The molecule has 3 rings (SSSR count). The molecule has 10 heteroatoms. The van der Waals surface area contributed by atoms with Crippen LogP contribution < -0.4 is 4.31 Å². The molecule has 1 aromatic heterocycles. The smallest absolute Gasteiger partial charge is 0.233 e. The Labute approximate surface area is 189 Å². The molecule has 0 radical (unpaired) electrons. The third-order valence-electron chi connectivity index (χ3n) is 5.65. The van der Waals surface area contributed by atoms with Gasteiger partial charge in [0.2, 0.25) is 15.9 Å². The van der Waals surface area contributed by atoms with Crippen molar-refractivity contribution < 1.29 is 13.2 Å². The number of piperidine rings is 1. The van der Waals surface area contributed by atoms with E-state index >= 15 is 0 Å². The lowest BCUT2D eigenvalue weighted by Gasteiger charge is -2.39. The summed E-state index contributed by atoms with van der Waals surface area (Å²) in [6.07, 6.45) is 4.42. The van der Waals surface area contributed by atoms with Gasteiger partial charge in [0.15, 0.2) is 11.0 Å². The SMILES string of the molecule is CCn1c(CN(c2ccccc2)S(C)(=O)=O)nnc1SCC(=O)N1[C@@H](C)CCC[C@@H]1C. The molecule has 0 spiro atoms. The third-order valence-corrected chi connectivity index (χ3v) is 7.74. The Morgan fingerprint density at radius 2 is 1.81 bits per heavy atom. The Hall–Kier alpha value is -2.07. The number of hydrogen-bond acceptors (Lipinski definition) is 6. The molecule has 8 nitrogen and oxygen atoms in total. The fourth-order valence-electron chi connectivity index (χ4n) is 4.10. The molecule has 31 heavy (non-hydrogen) atoms. The summed E-state index contributed by atoms with van der Waals surface area (Å²) in [6.45, 7) is 6.84. The molecule has 2 aromatic rings. The summed E-state index contributed by atoms with van der Waals surface area (Å²) in [7, 11) is -3.50. The molecular weight excluding hydrogens is 434 g/mol. The normalized spacial score (nSPS) is 19.4. The quantitative estimate of drug-likeness (QED) is 0.557. The first-order chi connectivity index (χ1) is 14.7. The van der Waals surface area contributed by atoms with Crippen molar-refractivity contribution in [2.75, 3.05) is 16.3 Å². The van der Waals surface area contributed by atoms with Crippen LogP contribution in [-0.4, -0.2) is 58.1 Å². The van der Waals surface area contributed by atoms with Gasteiger partial charge in [-0.2, -0.15) is 0 Å². The van der Waals surface area contributed by atoms with Gasteiger partial charge < -0.3 is 9.47 Å².